The van der Waals surface area contributed by atoms with Gasteiger partial charge >= 0.3 is 25.3 Å². The van der Waals surface area contributed by atoms with Gasteiger partial charge in [-0.25, -0.2) is 0 Å². The molecular weight excluding hydrogens is 118 g/mol. The monoisotopic (exact) mass is 122 g/mol. The van der Waals surface area contributed by atoms with E-state index in [1.165, 1.54) is 0 Å². The zero-order valence-corrected chi connectivity index (χ0v) is 3.31. The van der Waals surface area contributed by atoms with Gasteiger partial charge in [0, 0.05) is 0 Å². The first kappa shape index (κ1) is 19.8. The Kier molecular flexibility index (Phi) is 137. The van der Waals surface area contributed by atoms with Crippen molar-refractivity contribution in [2.24, 2.45) is 4.19 Å². The number of nitroso groups, excluding NO2 is 1. The van der Waals surface area contributed by atoms with Crippen LogP contribution in [0, 0.1) is 4.91 Å². The molecule has 0 rings (SSSR count). The van der Waals surface area contributed by atoms with Crippen molar-refractivity contribution in [3.8, 4) is 0 Å². The molecule has 0 heterocycles. The molecule has 0 saturated carbocycles. The maximum absolute atomic E-state index is 8.44. The van der Waals surface area contributed by atoms with Crippen LogP contribution in [0.1, 0.15) is 0 Å². The van der Waals surface area contributed by atoms with Crippen molar-refractivity contribution in [1.29, 1.82) is 0 Å². The number of hydrogen-bond donors (Lipinski definition) is 0. The molecule has 0 atom stereocenters. The second-order valence-corrected chi connectivity index (χ2v) is 0.266. The molecule has 0 aromatic carbocycles. The second-order valence-electron chi connectivity index (χ2n) is 0.0645. The van der Waals surface area contributed by atoms with Crippen molar-refractivity contribution >= 4 is 0 Å². The summed E-state index contributed by atoms with van der Waals surface area (Å²) in [5.41, 5.74) is 0. The summed E-state index contributed by atoms with van der Waals surface area (Å²) in [6.45, 7) is 0. The zero-order valence-electron chi connectivity index (χ0n) is 2.21. The first-order valence-corrected chi connectivity index (χ1v) is 0.834. The van der Waals surface area contributed by atoms with Gasteiger partial charge in [-0.2, -0.15) is 0 Å². The Morgan fingerprint density at radius 3 is 1.40 bits per heavy atom. The van der Waals surface area contributed by atoms with Crippen LogP contribution in [0.3, 0.4) is 0 Å². The van der Waals surface area contributed by atoms with Crippen LogP contribution in [-0.2, 0) is 16.2 Å². The Labute approximate surface area is 37.2 Å². The quantitative estimate of drug-likeness (QED) is 0.285. The van der Waals surface area contributed by atoms with Crippen molar-refractivity contribution in [2.45, 2.75) is 0 Å². The summed E-state index contributed by atoms with van der Waals surface area (Å²) in [7, 11) is 0. The van der Waals surface area contributed by atoms with E-state index in [4.69, 9.17) is 4.91 Å². The van der Waals surface area contributed by atoms with Gasteiger partial charge in [-0.3, -0.25) is 0 Å². The van der Waals surface area contributed by atoms with Crippen molar-refractivity contribution in [1.82, 2.24) is 0 Å². The van der Waals surface area contributed by atoms with Gasteiger partial charge in [0.25, 0.3) is 0 Å². The third kappa shape index (κ3) is 10800. The van der Waals surface area contributed by atoms with E-state index in [-0.39, 0.29) is 11.0 Å². The fourth-order valence-electron chi connectivity index (χ4n) is 0. The van der Waals surface area contributed by atoms with Gasteiger partial charge in [0.2, 0.25) is 0 Å². The first-order valence-electron chi connectivity index (χ1n) is 0.341. The van der Waals surface area contributed by atoms with Crippen LogP contribution in [-0.4, -0.2) is 11.0 Å². The molecule has 35 valence electrons. The topological polar surface area (TPSA) is 92.4 Å². The molecule has 0 bridgehead atoms. The van der Waals surface area contributed by atoms with Crippen LogP contribution in [0.15, 0.2) is 4.19 Å². The average Bonchev–Trinajstić information content (AvgIpc) is 0.918. The van der Waals surface area contributed by atoms with Gasteiger partial charge in [0.05, 0.1) is 0 Å². The van der Waals surface area contributed by atoms with Gasteiger partial charge in [0.15, 0.2) is 0 Å². The van der Waals surface area contributed by atoms with Crippen molar-refractivity contribution in [3.05, 3.63) is 4.91 Å². The summed E-state index contributed by atoms with van der Waals surface area (Å²) in [5, 5.41) is 0. The predicted molar refractivity (Wildman–Crippen MR) is 13.0 cm³/mol. The van der Waals surface area contributed by atoms with E-state index in [9.17, 15) is 0 Å². The fraction of sp³-hybridized carbons (Fsp3) is 0. The summed E-state index contributed by atoms with van der Waals surface area (Å²) < 4.78 is 2.00. The Bertz CT molecular complexity index is 14.4. The molecule has 0 aliphatic carbocycles. The van der Waals surface area contributed by atoms with Gasteiger partial charge < -0.3 is 11.0 Å². The normalized spacial score (nSPS) is 2.60. The Hall–Kier alpha value is 0.0395. The maximum atomic E-state index is 8.44. The summed E-state index contributed by atoms with van der Waals surface area (Å²) in [6, 6.07) is 0. The van der Waals surface area contributed by atoms with Crippen LogP contribution in [0.25, 0.3) is 0 Å². The summed E-state index contributed by atoms with van der Waals surface area (Å²) >= 11 is 2.56. The number of rotatable bonds is 0. The van der Waals surface area contributed by atoms with Gasteiger partial charge in [-0.05, 0) is 0 Å². The molecule has 5 heteroatoms. The van der Waals surface area contributed by atoms with E-state index in [1.54, 1.807) is 0 Å². The third-order valence-corrected chi connectivity index (χ3v) is 0. The molecule has 0 aliphatic rings. The van der Waals surface area contributed by atoms with E-state index in [0.717, 1.165) is 0 Å². The molecule has 0 aromatic heterocycles. The number of hydrogen-bond acceptors (Lipinski definition) is 2. The molecular formula is H4FeNO3. The summed E-state index contributed by atoms with van der Waals surface area (Å²) in [5.74, 6) is 0. The van der Waals surface area contributed by atoms with Crippen molar-refractivity contribution < 1.29 is 27.2 Å². The molecule has 0 aromatic rings. The zero-order chi connectivity index (χ0) is 2.71. The predicted octanol–water partition coefficient (Wildman–Crippen LogP) is -1.43. The molecule has 0 saturated heterocycles. The van der Waals surface area contributed by atoms with Crippen LogP contribution >= 0.6 is 0 Å². The minimum atomic E-state index is 0. The van der Waals surface area contributed by atoms with Crippen molar-refractivity contribution in [3.63, 3.8) is 0 Å². The molecule has 4 nitrogen and oxygen atoms in total. The third-order valence-electron chi connectivity index (χ3n) is 0. The summed E-state index contributed by atoms with van der Waals surface area (Å²) in [4.78, 5) is 8.44. The van der Waals surface area contributed by atoms with Gasteiger partial charge in [-0.15, -0.1) is 0 Å². The second kappa shape index (κ2) is 34.5. The van der Waals surface area contributed by atoms with Crippen LogP contribution in [0.5, 0.6) is 0 Å². The van der Waals surface area contributed by atoms with Crippen LogP contribution in [0.2, 0.25) is 0 Å². The summed E-state index contributed by atoms with van der Waals surface area (Å²) in [6.07, 6.45) is 0. The van der Waals surface area contributed by atoms with Gasteiger partial charge in [-0.1, -0.05) is 0 Å². The Morgan fingerprint density at radius 2 is 1.40 bits per heavy atom. The van der Waals surface area contributed by atoms with E-state index in [2.05, 4.69) is 16.2 Å². The first-order chi connectivity index (χ1) is 1.41. The minimum absolute atomic E-state index is 0. The fourth-order valence-corrected chi connectivity index (χ4v) is 0. The van der Waals surface area contributed by atoms with Gasteiger partial charge in [0.1, 0.15) is 0 Å². The molecule has 5 heavy (non-hydrogen) atoms. The molecule has 0 aliphatic heterocycles. The molecule has 0 spiro atoms. The Balaban J connectivity index is -0.0000000200. The molecule has 4 N–H and O–H groups in total. The Morgan fingerprint density at radius 1 is 1.40 bits per heavy atom. The molecule has 0 radical (unpaired) electrons. The SMILES string of the molecule is O.O.O=[N][Fe]. The average molecular weight is 122 g/mol. The van der Waals surface area contributed by atoms with Crippen LogP contribution in [0.4, 0.5) is 0 Å². The molecule has 0 fully saturated rings. The molecule has 0 unspecified atom stereocenters. The standard InChI is InChI=1S/Fe.NO.2H2O/c;1-2;;/h;;2*1H2/q+1;-1;;. The van der Waals surface area contributed by atoms with E-state index in [0.29, 0.717) is 0 Å². The number of nitrogens with zero attached hydrogens (tertiary/aromatic N) is 1. The van der Waals surface area contributed by atoms with Crippen LogP contribution < -0.4 is 0 Å². The van der Waals surface area contributed by atoms with E-state index >= 15 is 0 Å². The van der Waals surface area contributed by atoms with E-state index < -0.39 is 0 Å². The molecule has 0 amide bonds. The van der Waals surface area contributed by atoms with Crippen molar-refractivity contribution in [2.75, 3.05) is 0 Å². The van der Waals surface area contributed by atoms with E-state index in [1.807, 2.05) is 4.19 Å².